The number of allylic oxidation sites excluding steroid dienone is 2. The van der Waals surface area contributed by atoms with Gasteiger partial charge >= 0.3 is 0 Å². The van der Waals surface area contributed by atoms with Crippen LogP contribution in [0, 0.1) is 17.8 Å². The minimum atomic E-state index is 0.476. The van der Waals surface area contributed by atoms with E-state index in [1.807, 2.05) is 6.07 Å². The zero-order valence-corrected chi connectivity index (χ0v) is 10.4. The summed E-state index contributed by atoms with van der Waals surface area (Å²) in [6.07, 6.45) is 4.19. The van der Waals surface area contributed by atoms with E-state index in [-0.39, 0.29) is 0 Å². The van der Waals surface area contributed by atoms with Crippen LogP contribution in [0.4, 0.5) is 0 Å². The van der Waals surface area contributed by atoms with Gasteiger partial charge in [-0.25, -0.2) is 0 Å². The van der Waals surface area contributed by atoms with Gasteiger partial charge in [0.25, 0.3) is 0 Å². The van der Waals surface area contributed by atoms with Crippen LogP contribution >= 0.6 is 11.6 Å². The van der Waals surface area contributed by atoms with Crippen molar-refractivity contribution in [3.8, 4) is 0 Å². The Balaban J connectivity index is 1.59. The highest BCUT2D eigenvalue weighted by Gasteiger charge is 2.55. The molecule has 0 heterocycles. The van der Waals surface area contributed by atoms with E-state index in [1.54, 1.807) is 0 Å². The number of fused-ring (bicyclic) bond motifs is 1. The molecule has 1 nitrogen and oxygen atoms in total. The predicted molar refractivity (Wildman–Crippen MR) is 68.8 cm³/mol. The molecular formula is C15H15ClO. The second-order valence-corrected chi connectivity index (χ2v) is 5.52. The SMILES string of the molecule is O=CC1=C(Cl)C[C@@H]2C(CCc3ccccc3)C12. The lowest BCUT2D eigenvalue weighted by Gasteiger charge is -2.04. The van der Waals surface area contributed by atoms with Gasteiger partial charge in [-0.3, -0.25) is 4.79 Å². The Kier molecular flexibility index (Phi) is 2.79. The maximum Gasteiger partial charge on any atom is 0.147 e. The first-order valence-corrected chi connectivity index (χ1v) is 6.56. The smallest absolute Gasteiger partial charge is 0.147 e. The van der Waals surface area contributed by atoms with E-state index in [0.717, 1.165) is 29.7 Å². The number of benzene rings is 1. The highest BCUT2D eigenvalue weighted by atomic mass is 35.5. The van der Waals surface area contributed by atoms with Crippen LogP contribution in [0.15, 0.2) is 40.9 Å². The van der Waals surface area contributed by atoms with Gasteiger partial charge in [0.2, 0.25) is 0 Å². The molecule has 17 heavy (non-hydrogen) atoms. The third-order valence-corrected chi connectivity index (χ3v) is 4.53. The first-order valence-electron chi connectivity index (χ1n) is 6.19. The number of halogens is 1. The maximum atomic E-state index is 10.9. The van der Waals surface area contributed by atoms with Gasteiger partial charge in [0.15, 0.2) is 0 Å². The Morgan fingerprint density at radius 2 is 2.06 bits per heavy atom. The molecule has 2 unspecified atom stereocenters. The molecule has 1 aromatic rings. The number of carbonyl (C=O) groups is 1. The normalized spacial score (nSPS) is 30.3. The van der Waals surface area contributed by atoms with Gasteiger partial charge in [-0.05, 0) is 42.6 Å². The van der Waals surface area contributed by atoms with Gasteiger partial charge in [0.05, 0.1) is 0 Å². The summed E-state index contributed by atoms with van der Waals surface area (Å²) in [6, 6.07) is 10.5. The van der Waals surface area contributed by atoms with E-state index in [4.69, 9.17) is 11.6 Å². The molecule has 0 aromatic heterocycles. The fourth-order valence-corrected chi connectivity index (χ4v) is 3.55. The van der Waals surface area contributed by atoms with Crippen molar-refractivity contribution >= 4 is 17.9 Å². The van der Waals surface area contributed by atoms with Crippen molar-refractivity contribution < 1.29 is 4.79 Å². The molecule has 0 amide bonds. The fraction of sp³-hybridized carbons (Fsp3) is 0.400. The molecule has 1 saturated carbocycles. The van der Waals surface area contributed by atoms with Crippen LogP contribution in [0.1, 0.15) is 18.4 Å². The fourth-order valence-electron chi connectivity index (χ4n) is 3.20. The molecule has 0 radical (unpaired) electrons. The van der Waals surface area contributed by atoms with E-state index in [0.29, 0.717) is 17.8 Å². The number of aldehydes is 1. The van der Waals surface area contributed by atoms with Gasteiger partial charge in [-0.15, -0.1) is 0 Å². The Morgan fingerprint density at radius 1 is 1.29 bits per heavy atom. The summed E-state index contributed by atoms with van der Waals surface area (Å²) in [6.45, 7) is 0. The molecule has 1 fully saturated rings. The Bertz CT molecular complexity index is 463. The highest BCUT2D eigenvalue weighted by molar-refractivity contribution is 6.31. The second-order valence-electron chi connectivity index (χ2n) is 5.06. The van der Waals surface area contributed by atoms with Crippen LogP contribution in [0.5, 0.6) is 0 Å². The van der Waals surface area contributed by atoms with Gasteiger partial charge < -0.3 is 0 Å². The third kappa shape index (κ3) is 1.93. The van der Waals surface area contributed by atoms with Crippen LogP contribution in [0.2, 0.25) is 0 Å². The maximum absolute atomic E-state index is 10.9. The lowest BCUT2D eigenvalue weighted by molar-refractivity contribution is -0.105. The minimum Gasteiger partial charge on any atom is -0.298 e. The number of aryl methyl sites for hydroxylation is 1. The molecule has 0 spiro atoms. The average molecular weight is 247 g/mol. The highest BCUT2D eigenvalue weighted by Crippen LogP contribution is 2.61. The van der Waals surface area contributed by atoms with Crippen molar-refractivity contribution in [1.29, 1.82) is 0 Å². The number of rotatable bonds is 4. The Hall–Kier alpha value is -1.08. The van der Waals surface area contributed by atoms with Crippen LogP contribution in [0.25, 0.3) is 0 Å². The number of hydrogen-bond donors (Lipinski definition) is 0. The monoisotopic (exact) mass is 246 g/mol. The van der Waals surface area contributed by atoms with Crippen molar-refractivity contribution in [2.75, 3.05) is 0 Å². The van der Waals surface area contributed by atoms with E-state index < -0.39 is 0 Å². The molecule has 0 aliphatic heterocycles. The third-order valence-electron chi connectivity index (χ3n) is 4.16. The van der Waals surface area contributed by atoms with Crippen molar-refractivity contribution in [2.45, 2.75) is 19.3 Å². The molecule has 1 aromatic carbocycles. The molecule has 0 bridgehead atoms. The first-order chi connectivity index (χ1) is 8.31. The summed E-state index contributed by atoms with van der Waals surface area (Å²) in [5, 5.41) is 0.811. The Morgan fingerprint density at radius 3 is 2.76 bits per heavy atom. The van der Waals surface area contributed by atoms with Gasteiger partial charge in [-0.2, -0.15) is 0 Å². The van der Waals surface area contributed by atoms with Crippen LogP contribution in [-0.2, 0) is 11.2 Å². The standard InChI is InChI=1S/C15H15ClO/c16-14-8-12-11(15(12)13(14)9-17)7-6-10-4-2-1-3-5-10/h1-5,9,11-12,15H,6-8H2/t11?,12-,15?/m1/s1. The molecule has 3 rings (SSSR count). The molecular weight excluding hydrogens is 232 g/mol. The summed E-state index contributed by atoms with van der Waals surface area (Å²) < 4.78 is 0. The van der Waals surface area contributed by atoms with Gasteiger partial charge in [0, 0.05) is 10.6 Å². The summed E-state index contributed by atoms with van der Waals surface area (Å²) in [5.74, 6) is 1.83. The lowest BCUT2D eigenvalue weighted by atomic mass is 10.0. The van der Waals surface area contributed by atoms with Crippen molar-refractivity contribution in [1.82, 2.24) is 0 Å². The number of hydrogen-bond acceptors (Lipinski definition) is 1. The van der Waals surface area contributed by atoms with Crippen molar-refractivity contribution in [3.63, 3.8) is 0 Å². The van der Waals surface area contributed by atoms with Gasteiger partial charge in [-0.1, -0.05) is 41.9 Å². The summed E-state index contributed by atoms with van der Waals surface area (Å²) >= 11 is 6.03. The zero-order valence-electron chi connectivity index (χ0n) is 9.60. The molecule has 2 heteroatoms. The Labute approximate surface area is 106 Å². The average Bonchev–Trinajstić information content (AvgIpc) is 2.90. The van der Waals surface area contributed by atoms with E-state index in [2.05, 4.69) is 24.3 Å². The lowest BCUT2D eigenvalue weighted by Crippen LogP contribution is -1.95. The summed E-state index contributed by atoms with van der Waals surface area (Å²) in [5.41, 5.74) is 2.27. The summed E-state index contributed by atoms with van der Waals surface area (Å²) in [7, 11) is 0. The summed E-state index contributed by atoms with van der Waals surface area (Å²) in [4.78, 5) is 10.9. The molecule has 0 N–H and O–H groups in total. The van der Waals surface area contributed by atoms with Crippen LogP contribution in [-0.4, -0.2) is 6.29 Å². The molecule has 3 atom stereocenters. The van der Waals surface area contributed by atoms with Crippen molar-refractivity contribution in [3.05, 3.63) is 46.5 Å². The molecule has 88 valence electrons. The molecule has 0 saturated heterocycles. The largest absolute Gasteiger partial charge is 0.298 e. The predicted octanol–water partition coefficient (Wildman–Crippen LogP) is 3.58. The number of carbonyl (C=O) groups excluding carboxylic acids is 1. The topological polar surface area (TPSA) is 17.1 Å². The van der Waals surface area contributed by atoms with Crippen LogP contribution < -0.4 is 0 Å². The van der Waals surface area contributed by atoms with Crippen LogP contribution in [0.3, 0.4) is 0 Å². The first kappa shape index (κ1) is 11.0. The van der Waals surface area contributed by atoms with Gasteiger partial charge in [0.1, 0.15) is 6.29 Å². The van der Waals surface area contributed by atoms with E-state index in [9.17, 15) is 4.79 Å². The molecule has 2 aliphatic rings. The quantitative estimate of drug-likeness (QED) is 0.743. The van der Waals surface area contributed by atoms with E-state index in [1.165, 1.54) is 12.0 Å². The molecule has 2 aliphatic carbocycles. The zero-order chi connectivity index (χ0) is 11.8. The minimum absolute atomic E-state index is 0.476. The van der Waals surface area contributed by atoms with Crippen molar-refractivity contribution in [2.24, 2.45) is 17.8 Å². The second kappa shape index (κ2) is 4.30. The van der Waals surface area contributed by atoms with E-state index >= 15 is 0 Å².